The molecule has 0 saturated heterocycles. The fourth-order valence-corrected chi connectivity index (χ4v) is 1.96. The highest BCUT2D eigenvalue weighted by Crippen LogP contribution is 2.17. The fraction of sp³-hybridized carbons (Fsp3) is 0.500. The summed E-state index contributed by atoms with van der Waals surface area (Å²) >= 11 is 1.67. The van der Waals surface area contributed by atoms with Crippen LogP contribution in [0, 0.1) is 5.82 Å². The summed E-state index contributed by atoms with van der Waals surface area (Å²) in [6, 6.07) is 6.72. The highest BCUT2D eigenvalue weighted by Gasteiger charge is 2.07. The fourth-order valence-electron chi connectivity index (χ4n) is 1.15. The van der Waals surface area contributed by atoms with E-state index >= 15 is 0 Å². The number of hydrogen-bond donors (Lipinski definition) is 1. The molecule has 0 heterocycles. The van der Waals surface area contributed by atoms with Gasteiger partial charge in [0.05, 0.1) is 0 Å². The molecule has 1 aromatic carbocycles. The lowest BCUT2D eigenvalue weighted by atomic mass is 10.1. The van der Waals surface area contributed by atoms with Crippen molar-refractivity contribution in [3.05, 3.63) is 30.1 Å². The van der Waals surface area contributed by atoms with Crippen molar-refractivity contribution in [1.29, 1.82) is 0 Å². The van der Waals surface area contributed by atoms with E-state index in [0.717, 1.165) is 17.2 Å². The van der Waals surface area contributed by atoms with Gasteiger partial charge in [-0.2, -0.15) is 0 Å². The summed E-state index contributed by atoms with van der Waals surface area (Å²) < 4.78 is 12.8. The summed E-state index contributed by atoms with van der Waals surface area (Å²) in [5.41, 5.74) is 0.155. The van der Waals surface area contributed by atoms with Crippen molar-refractivity contribution in [3.8, 4) is 0 Å². The summed E-state index contributed by atoms with van der Waals surface area (Å²) in [5, 5.41) is 3.39. The van der Waals surface area contributed by atoms with Crippen molar-refractivity contribution in [1.82, 2.24) is 5.32 Å². The topological polar surface area (TPSA) is 12.0 Å². The van der Waals surface area contributed by atoms with E-state index < -0.39 is 0 Å². The predicted molar refractivity (Wildman–Crippen MR) is 64.9 cm³/mol. The van der Waals surface area contributed by atoms with Crippen LogP contribution in [-0.4, -0.2) is 17.8 Å². The molecular weight excluding hydrogens is 209 g/mol. The standard InChI is InChI=1S/C12H18FNS/c1-12(2,3)14-7-8-15-11-6-4-5-10(13)9-11/h4-6,9,14H,7-8H2,1-3H3. The van der Waals surface area contributed by atoms with Crippen LogP contribution < -0.4 is 5.32 Å². The van der Waals surface area contributed by atoms with Crippen LogP contribution in [0.15, 0.2) is 29.2 Å². The molecule has 0 spiro atoms. The van der Waals surface area contributed by atoms with E-state index in [-0.39, 0.29) is 11.4 Å². The highest BCUT2D eigenvalue weighted by molar-refractivity contribution is 7.99. The Morgan fingerprint density at radius 1 is 1.33 bits per heavy atom. The van der Waals surface area contributed by atoms with Crippen LogP contribution in [0.5, 0.6) is 0 Å². The van der Waals surface area contributed by atoms with Crippen LogP contribution in [0.2, 0.25) is 0 Å². The van der Waals surface area contributed by atoms with Crippen molar-refractivity contribution < 1.29 is 4.39 Å². The van der Waals surface area contributed by atoms with Crippen molar-refractivity contribution >= 4 is 11.8 Å². The molecule has 0 aliphatic heterocycles. The third-order valence-electron chi connectivity index (χ3n) is 1.82. The molecule has 0 fully saturated rings. The lowest BCUT2D eigenvalue weighted by Gasteiger charge is -2.20. The largest absolute Gasteiger partial charge is 0.311 e. The van der Waals surface area contributed by atoms with Crippen molar-refractivity contribution in [2.75, 3.05) is 12.3 Å². The minimum atomic E-state index is -0.163. The van der Waals surface area contributed by atoms with E-state index in [1.54, 1.807) is 23.9 Å². The molecule has 1 rings (SSSR count). The summed E-state index contributed by atoms with van der Waals surface area (Å²) in [4.78, 5) is 0.991. The van der Waals surface area contributed by atoms with Gasteiger partial charge in [-0.25, -0.2) is 4.39 Å². The van der Waals surface area contributed by atoms with Crippen LogP contribution >= 0.6 is 11.8 Å². The van der Waals surface area contributed by atoms with Gasteiger partial charge in [-0.3, -0.25) is 0 Å². The quantitative estimate of drug-likeness (QED) is 0.625. The third-order valence-corrected chi connectivity index (χ3v) is 2.82. The van der Waals surface area contributed by atoms with E-state index in [2.05, 4.69) is 26.1 Å². The molecule has 3 heteroatoms. The second-order valence-electron chi connectivity index (χ2n) is 4.48. The number of thioether (sulfide) groups is 1. The maximum Gasteiger partial charge on any atom is 0.124 e. The van der Waals surface area contributed by atoms with Crippen molar-refractivity contribution in [2.24, 2.45) is 0 Å². The Hall–Kier alpha value is -0.540. The first-order valence-electron chi connectivity index (χ1n) is 5.11. The van der Waals surface area contributed by atoms with E-state index in [9.17, 15) is 4.39 Å². The maximum atomic E-state index is 12.8. The molecule has 0 aliphatic carbocycles. The monoisotopic (exact) mass is 227 g/mol. The van der Waals surface area contributed by atoms with Gasteiger partial charge < -0.3 is 5.32 Å². The number of hydrogen-bond acceptors (Lipinski definition) is 2. The van der Waals surface area contributed by atoms with Gasteiger partial charge >= 0.3 is 0 Å². The molecule has 0 atom stereocenters. The molecule has 84 valence electrons. The third kappa shape index (κ3) is 5.80. The average molecular weight is 227 g/mol. The van der Waals surface area contributed by atoms with Crippen LogP contribution in [0.4, 0.5) is 4.39 Å². The summed E-state index contributed by atoms with van der Waals surface area (Å²) in [5.74, 6) is 0.796. The summed E-state index contributed by atoms with van der Waals surface area (Å²) in [6.07, 6.45) is 0. The molecule has 0 unspecified atom stereocenters. The Morgan fingerprint density at radius 3 is 2.67 bits per heavy atom. The predicted octanol–water partition coefficient (Wildman–Crippen LogP) is 3.31. The number of nitrogens with one attached hydrogen (secondary N) is 1. The molecular formula is C12H18FNS. The Balaban J connectivity index is 2.26. The summed E-state index contributed by atoms with van der Waals surface area (Å²) in [7, 11) is 0. The van der Waals surface area contributed by atoms with E-state index in [1.807, 2.05) is 6.07 Å². The first kappa shape index (κ1) is 12.5. The summed E-state index contributed by atoms with van der Waals surface area (Å²) in [6.45, 7) is 7.35. The van der Waals surface area contributed by atoms with E-state index in [0.29, 0.717) is 0 Å². The SMILES string of the molecule is CC(C)(C)NCCSc1cccc(F)c1. The van der Waals surface area contributed by atoms with Gasteiger partial charge in [0.25, 0.3) is 0 Å². The molecule has 15 heavy (non-hydrogen) atoms. The molecule has 0 radical (unpaired) electrons. The lowest BCUT2D eigenvalue weighted by molar-refractivity contribution is 0.441. The zero-order valence-electron chi connectivity index (χ0n) is 9.51. The van der Waals surface area contributed by atoms with Gasteiger partial charge in [-0.05, 0) is 39.0 Å². The first-order valence-corrected chi connectivity index (χ1v) is 6.09. The Kier molecular flexibility index (Phi) is 4.61. The van der Waals surface area contributed by atoms with Gasteiger partial charge in [0.1, 0.15) is 5.82 Å². The number of halogens is 1. The van der Waals surface area contributed by atoms with E-state index in [1.165, 1.54) is 6.07 Å². The Labute approximate surface area is 95.5 Å². The lowest BCUT2D eigenvalue weighted by Crippen LogP contribution is -2.37. The molecule has 1 N–H and O–H groups in total. The van der Waals surface area contributed by atoms with Crippen molar-refractivity contribution in [2.45, 2.75) is 31.2 Å². The van der Waals surface area contributed by atoms with Crippen molar-refractivity contribution in [3.63, 3.8) is 0 Å². The van der Waals surface area contributed by atoms with Gasteiger partial charge in [-0.15, -0.1) is 11.8 Å². The zero-order chi connectivity index (χ0) is 11.3. The molecule has 1 nitrogen and oxygen atoms in total. The van der Waals surface area contributed by atoms with E-state index in [4.69, 9.17) is 0 Å². The van der Waals surface area contributed by atoms with Crippen LogP contribution in [0.25, 0.3) is 0 Å². The van der Waals surface area contributed by atoms with Gasteiger partial charge in [-0.1, -0.05) is 6.07 Å². The normalized spacial score (nSPS) is 11.7. The zero-order valence-corrected chi connectivity index (χ0v) is 10.3. The minimum Gasteiger partial charge on any atom is -0.311 e. The second-order valence-corrected chi connectivity index (χ2v) is 5.65. The average Bonchev–Trinajstić information content (AvgIpc) is 2.11. The Bertz CT molecular complexity index is 307. The van der Waals surface area contributed by atoms with Gasteiger partial charge in [0, 0.05) is 22.7 Å². The second kappa shape index (κ2) is 5.52. The maximum absolute atomic E-state index is 12.8. The minimum absolute atomic E-state index is 0.155. The number of rotatable bonds is 4. The van der Waals surface area contributed by atoms with Gasteiger partial charge in [0.15, 0.2) is 0 Å². The van der Waals surface area contributed by atoms with Crippen LogP contribution in [-0.2, 0) is 0 Å². The molecule has 0 amide bonds. The number of benzene rings is 1. The molecule has 1 aromatic rings. The first-order chi connectivity index (χ1) is 6.97. The van der Waals surface area contributed by atoms with Crippen LogP contribution in [0.3, 0.4) is 0 Å². The Morgan fingerprint density at radius 2 is 2.07 bits per heavy atom. The molecule has 0 bridgehead atoms. The molecule has 0 saturated carbocycles. The highest BCUT2D eigenvalue weighted by atomic mass is 32.2. The molecule has 0 aromatic heterocycles. The molecule has 0 aliphatic rings. The van der Waals surface area contributed by atoms with Gasteiger partial charge in [0.2, 0.25) is 0 Å². The smallest absolute Gasteiger partial charge is 0.124 e. The van der Waals surface area contributed by atoms with Crippen LogP contribution in [0.1, 0.15) is 20.8 Å².